The van der Waals surface area contributed by atoms with E-state index in [9.17, 15) is 17.6 Å². The van der Waals surface area contributed by atoms with Crippen molar-refractivity contribution in [3.63, 3.8) is 0 Å². The smallest absolute Gasteiger partial charge is 0.405 e. The van der Waals surface area contributed by atoms with Crippen LogP contribution < -0.4 is 5.32 Å². The van der Waals surface area contributed by atoms with Gasteiger partial charge in [0, 0.05) is 6.54 Å². The van der Waals surface area contributed by atoms with Crippen LogP contribution in [0.15, 0.2) is 53.4 Å². The molecule has 5 rings (SSSR count). The lowest BCUT2D eigenvalue weighted by molar-refractivity contribution is 0.183. The lowest BCUT2D eigenvalue weighted by Gasteiger charge is -2.33. The number of benzene rings is 2. The molecule has 0 spiro atoms. The molecule has 1 heterocycles. The van der Waals surface area contributed by atoms with E-state index in [1.807, 2.05) is 18.2 Å². The summed E-state index contributed by atoms with van der Waals surface area (Å²) in [5.74, 6) is 0.720. The van der Waals surface area contributed by atoms with Gasteiger partial charge in [-0.2, -0.15) is 5.26 Å². The van der Waals surface area contributed by atoms with Gasteiger partial charge >= 0.3 is 6.09 Å². The van der Waals surface area contributed by atoms with Crippen LogP contribution in [0.2, 0.25) is 5.02 Å². The molecule has 1 saturated heterocycles. The first-order chi connectivity index (χ1) is 18.1. The number of amides is 1. The lowest BCUT2D eigenvalue weighted by Crippen LogP contribution is -2.36. The topological polar surface area (TPSA) is 110 Å². The zero-order valence-corrected chi connectivity index (χ0v) is 22.7. The molecule has 3 aliphatic rings. The Morgan fingerprint density at radius 3 is 2.32 bits per heavy atom. The summed E-state index contributed by atoms with van der Waals surface area (Å²) in [6, 6.07) is 15.5. The second-order valence-corrected chi connectivity index (χ2v) is 13.1. The first kappa shape index (κ1) is 28.3. The SMILES string of the molecule is N#CC1(NC(=O)O)CC1.O=S(=O)(c1ccccc1Cl)[C@@H]1CC[C@@H](CN2CCC(c3ccc(F)cc3)CC2)C1. The Morgan fingerprint density at radius 2 is 1.76 bits per heavy atom. The largest absolute Gasteiger partial charge is 0.465 e. The zero-order chi connectivity index (χ0) is 27.3. The molecule has 2 saturated carbocycles. The molecule has 1 aliphatic heterocycles. The van der Waals surface area contributed by atoms with E-state index in [2.05, 4.69) is 10.2 Å². The van der Waals surface area contributed by atoms with Crippen molar-refractivity contribution in [2.45, 2.75) is 66.5 Å². The number of carbonyl (C=O) groups is 1. The number of piperidine rings is 1. The highest BCUT2D eigenvalue weighted by atomic mass is 35.5. The zero-order valence-electron chi connectivity index (χ0n) is 21.2. The number of hydrogen-bond acceptors (Lipinski definition) is 5. The molecular weight excluding hydrogens is 529 g/mol. The Hall–Kier alpha value is -2.67. The van der Waals surface area contributed by atoms with Gasteiger partial charge in [-0.3, -0.25) is 0 Å². The normalized spacial score (nSPS) is 23.1. The van der Waals surface area contributed by atoms with Crippen LogP contribution in [0, 0.1) is 23.1 Å². The fraction of sp³-hybridized carbons (Fsp3) is 0.500. The molecule has 0 radical (unpaired) electrons. The van der Waals surface area contributed by atoms with Crippen molar-refractivity contribution in [2.75, 3.05) is 19.6 Å². The number of nitrogens with zero attached hydrogens (tertiary/aromatic N) is 2. The molecule has 0 bridgehead atoms. The minimum Gasteiger partial charge on any atom is -0.465 e. The average molecular weight is 562 g/mol. The van der Waals surface area contributed by atoms with Gasteiger partial charge in [0.1, 0.15) is 11.4 Å². The van der Waals surface area contributed by atoms with Gasteiger partial charge in [-0.15, -0.1) is 0 Å². The molecule has 0 unspecified atom stereocenters. The Kier molecular flexibility index (Phi) is 8.96. The molecule has 2 aromatic rings. The van der Waals surface area contributed by atoms with Gasteiger partial charge < -0.3 is 15.3 Å². The predicted octanol–water partition coefficient (Wildman–Crippen LogP) is 5.61. The third-order valence-electron chi connectivity index (χ3n) is 7.83. The van der Waals surface area contributed by atoms with E-state index in [0.29, 0.717) is 42.5 Å². The van der Waals surface area contributed by atoms with E-state index in [1.54, 1.807) is 36.4 Å². The molecule has 1 amide bonds. The third kappa shape index (κ3) is 7.04. The summed E-state index contributed by atoms with van der Waals surface area (Å²) < 4.78 is 39.1. The first-order valence-corrected chi connectivity index (χ1v) is 14.9. The second-order valence-electron chi connectivity index (χ2n) is 10.5. The van der Waals surface area contributed by atoms with E-state index < -0.39 is 21.5 Å². The van der Waals surface area contributed by atoms with Crippen LogP contribution in [0.3, 0.4) is 0 Å². The average Bonchev–Trinajstić information content (AvgIpc) is 3.50. The Morgan fingerprint density at radius 1 is 1.11 bits per heavy atom. The molecule has 0 aromatic heterocycles. The standard InChI is InChI=1S/C23H27ClFNO2S.C5H6N2O2/c24-22-3-1-2-4-23(22)29(27,28)21-10-5-17(15-21)16-26-13-11-19(12-14-26)18-6-8-20(25)9-7-18;6-3-5(1-2-5)7-4(8)9/h1-4,6-9,17,19,21H,5,10-16H2;7H,1-2H2,(H,8,9)/t17-,21-;/m1./s1. The van der Waals surface area contributed by atoms with Gasteiger partial charge in [0.15, 0.2) is 9.84 Å². The molecule has 2 aromatic carbocycles. The van der Waals surface area contributed by atoms with Crippen molar-refractivity contribution in [1.29, 1.82) is 5.26 Å². The van der Waals surface area contributed by atoms with E-state index in [0.717, 1.165) is 38.9 Å². The summed E-state index contributed by atoms with van der Waals surface area (Å²) in [6.07, 6.45) is 4.70. The molecule has 7 nitrogen and oxygen atoms in total. The number of sulfone groups is 1. The monoisotopic (exact) mass is 561 g/mol. The molecular formula is C28H33ClFN3O4S. The summed E-state index contributed by atoms with van der Waals surface area (Å²) in [7, 11) is -3.37. The maximum Gasteiger partial charge on any atom is 0.405 e. The molecule has 38 heavy (non-hydrogen) atoms. The van der Waals surface area contributed by atoms with Crippen LogP contribution in [0.5, 0.6) is 0 Å². The summed E-state index contributed by atoms with van der Waals surface area (Å²) >= 11 is 6.14. The third-order valence-corrected chi connectivity index (χ3v) is 10.5. The Labute approximate surface area is 228 Å². The van der Waals surface area contributed by atoms with Crippen LogP contribution in [0.4, 0.5) is 9.18 Å². The van der Waals surface area contributed by atoms with Crippen molar-refractivity contribution in [3.8, 4) is 6.07 Å². The molecule has 2 N–H and O–H groups in total. The Balaban J connectivity index is 0.000000317. The second kappa shape index (κ2) is 12.0. The first-order valence-electron chi connectivity index (χ1n) is 13.0. The van der Waals surface area contributed by atoms with Crippen molar-refractivity contribution >= 4 is 27.5 Å². The van der Waals surface area contributed by atoms with Crippen LogP contribution in [-0.2, 0) is 9.84 Å². The van der Waals surface area contributed by atoms with Crippen molar-refractivity contribution in [2.24, 2.45) is 5.92 Å². The summed E-state index contributed by atoms with van der Waals surface area (Å²) in [5.41, 5.74) is 0.490. The number of carboxylic acid groups (broad SMARTS) is 1. The fourth-order valence-electron chi connectivity index (χ4n) is 5.48. The van der Waals surface area contributed by atoms with Crippen molar-refractivity contribution in [1.82, 2.24) is 10.2 Å². The van der Waals surface area contributed by atoms with Crippen LogP contribution in [0.1, 0.15) is 56.4 Å². The maximum absolute atomic E-state index is 13.1. The van der Waals surface area contributed by atoms with Gasteiger partial charge in [0.05, 0.1) is 21.2 Å². The van der Waals surface area contributed by atoms with E-state index in [4.69, 9.17) is 22.0 Å². The van der Waals surface area contributed by atoms with Crippen LogP contribution in [0.25, 0.3) is 0 Å². The van der Waals surface area contributed by atoms with Gasteiger partial charge in [-0.25, -0.2) is 17.6 Å². The van der Waals surface area contributed by atoms with Gasteiger partial charge in [-0.1, -0.05) is 35.9 Å². The van der Waals surface area contributed by atoms with Crippen LogP contribution >= 0.6 is 11.6 Å². The van der Waals surface area contributed by atoms with Gasteiger partial charge in [0.2, 0.25) is 0 Å². The number of halogens is 2. The summed E-state index contributed by atoms with van der Waals surface area (Å²) in [6.45, 7) is 2.99. The van der Waals surface area contributed by atoms with E-state index in [-0.39, 0.29) is 16.0 Å². The fourth-order valence-corrected chi connectivity index (χ4v) is 7.87. The van der Waals surface area contributed by atoms with E-state index >= 15 is 0 Å². The predicted molar refractivity (Wildman–Crippen MR) is 143 cm³/mol. The molecule has 2 atom stereocenters. The molecule has 2 aliphatic carbocycles. The number of nitrogens with one attached hydrogen (secondary N) is 1. The minimum absolute atomic E-state index is 0.186. The van der Waals surface area contributed by atoms with Crippen LogP contribution in [-0.4, -0.2) is 54.9 Å². The van der Waals surface area contributed by atoms with Gasteiger partial charge in [0.25, 0.3) is 0 Å². The van der Waals surface area contributed by atoms with Gasteiger partial charge in [-0.05, 0) is 99.7 Å². The molecule has 204 valence electrons. The molecule has 3 fully saturated rings. The number of rotatable bonds is 6. The highest BCUT2D eigenvalue weighted by Gasteiger charge is 2.44. The number of likely N-dealkylation sites (tertiary alicyclic amines) is 1. The van der Waals surface area contributed by atoms with Crippen molar-refractivity contribution < 1.29 is 22.7 Å². The quantitative estimate of drug-likeness (QED) is 0.474. The molecule has 10 heteroatoms. The lowest BCUT2D eigenvalue weighted by atomic mass is 9.89. The maximum atomic E-state index is 13.1. The number of hydrogen-bond donors (Lipinski definition) is 2. The van der Waals surface area contributed by atoms with Crippen molar-refractivity contribution in [3.05, 3.63) is 64.9 Å². The van der Waals surface area contributed by atoms with E-state index in [1.165, 1.54) is 5.56 Å². The summed E-state index contributed by atoms with van der Waals surface area (Å²) in [5, 5.41) is 18.6. The minimum atomic E-state index is -3.37. The Bertz CT molecular complexity index is 1270. The summed E-state index contributed by atoms with van der Waals surface area (Å²) in [4.78, 5) is 12.7. The highest BCUT2D eigenvalue weighted by molar-refractivity contribution is 7.92. The highest BCUT2D eigenvalue weighted by Crippen LogP contribution is 2.37. The number of nitriles is 1.